The SMILES string of the molecule is CC(=O)NC1CCN(Cc2cnc(-c3cc4cccc(N(C(C)C)S(=O)(=O)c5cccs5)c4[nH]3)s2)C1. The Hall–Kier alpha value is -2.73. The third kappa shape index (κ3) is 4.93. The van der Waals surface area contributed by atoms with Gasteiger partial charge in [0.25, 0.3) is 10.0 Å². The van der Waals surface area contributed by atoms with E-state index in [1.807, 2.05) is 44.3 Å². The highest BCUT2D eigenvalue weighted by Gasteiger charge is 2.30. The van der Waals surface area contributed by atoms with Crippen molar-refractivity contribution in [2.75, 3.05) is 17.4 Å². The van der Waals surface area contributed by atoms with Gasteiger partial charge in [-0.3, -0.25) is 14.0 Å². The van der Waals surface area contributed by atoms with Crippen LogP contribution in [0.1, 0.15) is 32.1 Å². The van der Waals surface area contributed by atoms with E-state index in [0.29, 0.717) is 9.90 Å². The van der Waals surface area contributed by atoms with E-state index in [9.17, 15) is 13.2 Å². The first-order valence-corrected chi connectivity index (χ1v) is 15.0. The predicted octanol–water partition coefficient (Wildman–Crippen LogP) is 4.67. The summed E-state index contributed by atoms with van der Waals surface area (Å²) in [7, 11) is -3.69. The van der Waals surface area contributed by atoms with Crippen LogP contribution in [-0.2, 0) is 21.4 Å². The van der Waals surface area contributed by atoms with Gasteiger partial charge in [0.15, 0.2) is 0 Å². The molecule has 0 aliphatic carbocycles. The van der Waals surface area contributed by atoms with Crippen molar-refractivity contribution in [3.8, 4) is 10.7 Å². The normalized spacial score (nSPS) is 16.7. The molecule has 1 saturated heterocycles. The van der Waals surface area contributed by atoms with Crippen LogP contribution in [0.15, 0.2) is 52.2 Å². The quantitative estimate of drug-likeness (QED) is 0.337. The van der Waals surface area contributed by atoms with Crippen molar-refractivity contribution in [2.45, 2.75) is 50.0 Å². The zero-order valence-electron chi connectivity index (χ0n) is 20.4. The number of carbonyl (C=O) groups is 1. The summed E-state index contributed by atoms with van der Waals surface area (Å²) in [4.78, 5) is 22.9. The molecular formula is C25H29N5O3S3. The summed E-state index contributed by atoms with van der Waals surface area (Å²) in [6.45, 7) is 7.90. The molecule has 1 aromatic carbocycles. The van der Waals surface area contributed by atoms with Crippen LogP contribution in [0.3, 0.4) is 0 Å². The monoisotopic (exact) mass is 543 g/mol. The molecule has 36 heavy (non-hydrogen) atoms. The van der Waals surface area contributed by atoms with Crippen LogP contribution in [0.25, 0.3) is 21.6 Å². The number of amides is 1. The summed E-state index contributed by atoms with van der Waals surface area (Å²) < 4.78 is 28.8. The smallest absolute Gasteiger partial charge is 0.274 e. The number of hydrogen-bond donors (Lipinski definition) is 2. The zero-order chi connectivity index (χ0) is 25.4. The number of thiazole rings is 1. The summed E-state index contributed by atoms with van der Waals surface area (Å²) in [5.41, 5.74) is 2.26. The molecule has 1 aliphatic heterocycles. The molecule has 3 aromatic heterocycles. The number of aromatic amines is 1. The molecular weight excluding hydrogens is 515 g/mol. The number of thiophene rings is 1. The summed E-state index contributed by atoms with van der Waals surface area (Å²) >= 11 is 2.85. The van der Waals surface area contributed by atoms with Crippen LogP contribution >= 0.6 is 22.7 Å². The van der Waals surface area contributed by atoms with Crippen LogP contribution in [0.4, 0.5) is 5.69 Å². The number of H-pyrrole nitrogens is 1. The standard InChI is InChI=1S/C25H29N5O3S3/c1-16(2)30(36(32,33)23-8-5-11-34-23)22-7-4-6-18-12-21(28-24(18)22)25-26-13-20(35-25)15-29-10-9-19(14-29)27-17(3)31/h4-8,11-13,16,19,28H,9-10,14-15H2,1-3H3,(H,27,31). The highest BCUT2D eigenvalue weighted by atomic mass is 32.2. The van der Waals surface area contributed by atoms with E-state index in [-0.39, 0.29) is 18.0 Å². The minimum atomic E-state index is -3.69. The van der Waals surface area contributed by atoms with Crippen LogP contribution in [0.2, 0.25) is 0 Å². The Labute approximate surface area is 219 Å². The number of likely N-dealkylation sites (tertiary alicyclic amines) is 1. The summed E-state index contributed by atoms with van der Waals surface area (Å²) in [5, 5.41) is 6.58. The number of benzene rings is 1. The average Bonchev–Trinajstić information content (AvgIpc) is 3.60. The molecule has 1 aliphatic rings. The van der Waals surface area contributed by atoms with Gasteiger partial charge in [-0.15, -0.1) is 22.7 Å². The molecule has 8 nitrogen and oxygen atoms in total. The number of nitrogens with one attached hydrogen (secondary N) is 2. The van der Waals surface area contributed by atoms with Crippen LogP contribution in [0.5, 0.6) is 0 Å². The Morgan fingerprint density at radius 3 is 2.86 bits per heavy atom. The minimum absolute atomic E-state index is 0.0133. The Bertz CT molecular complexity index is 1470. The zero-order valence-corrected chi connectivity index (χ0v) is 22.8. The Morgan fingerprint density at radius 2 is 2.14 bits per heavy atom. The van der Waals surface area contributed by atoms with Gasteiger partial charge in [0, 0.05) is 55.1 Å². The molecule has 1 atom stereocenters. The Balaban J connectivity index is 1.42. The third-order valence-electron chi connectivity index (χ3n) is 6.19. The van der Waals surface area contributed by atoms with Gasteiger partial charge < -0.3 is 10.3 Å². The van der Waals surface area contributed by atoms with Crippen molar-refractivity contribution < 1.29 is 13.2 Å². The van der Waals surface area contributed by atoms with Crippen LogP contribution in [0, 0.1) is 0 Å². The second-order valence-electron chi connectivity index (χ2n) is 9.30. The van der Waals surface area contributed by atoms with E-state index in [1.54, 1.807) is 35.8 Å². The molecule has 190 valence electrons. The minimum Gasteiger partial charge on any atom is -0.352 e. The topological polar surface area (TPSA) is 98.4 Å². The van der Waals surface area contributed by atoms with Crippen molar-refractivity contribution >= 4 is 55.2 Å². The molecule has 4 heterocycles. The molecule has 0 saturated carbocycles. The van der Waals surface area contributed by atoms with Crippen molar-refractivity contribution in [3.63, 3.8) is 0 Å². The lowest BCUT2D eigenvalue weighted by molar-refractivity contribution is -0.119. The molecule has 1 fully saturated rings. The second-order valence-corrected chi connectivity index (χ2v) is 13.4. The van der Waals surface area contributed by atoms with Gasteiger partial charge in [0.1, 0.15) is 9.22 Å². The van der Waals surface area contributed by atoms with Gasteiger partial charge in [-0.1, -0.05) is 18.2 Å². The lowest BCUT2D eigenvalue weighted by Gasteiger charge is -2.28. The fourth-order valence-electron chi connectivity index (χ4n) is 4.74. The van der Waals surface area contributed by atoms with Gasteiger partial charge in [-0.25, -0.2) is 13.4 Å². The number of rotatable bonds is 8. The van der Waals surface area contributed by atoms with Gasteiger partial charge in [0.2, 0.25) is 5.91 Å². The molecule has 0 bridgehead atoms. The highest BCUT2D eigenvalue weighted by molar-refractivity contribution is 7.94. The number of fused-ring (bicyclic) bond motifs is 1. The second kappa shape index (κ2) is 9.97. The molecule has 11 heteroatoms. The van der Waals surface area contributed by atoms with E-state index >= 15 is 0 Å². The average molecular weight is 544 g/mol. The Morgan fingerprint density at radius 1 is 1.31 bits per heavy atom. The third-order valence-corrected chi connectivity index (χ3v) is 10.6. The summed E-state index contributed by atoms with van der Waals surface area (Å²) in [6.07, 6.45) is 2.86. The summed E-state index contributed by atoms with van der Waals surface area (Å²) in [6, 6.07) is 11.1. The number of anilines is 1. The first kappa shape index (κ1) is 24.9. The maximum Gasteiger partial charge on any atom is 0.274 e. The first-order valence-electron chi connectivity index (χ1n) is 11.9. The molecule has 0 radical (unpaired) electrons. The predicted molar refractivity (Wildman–Crippen MR) is 146 cm³/mol. The van der Waals surface area contributed by atoms with Gasteiger partial charge >= 0.3 is 0 Å². The number of para-hydroxylation sites is 1. The lowest BCUT2D eigenvalue weighted by Crippen LogP contribution is -2.36. The highest BCUT2D eigenvalue weighted by Crippen LogP contribution is 2.36. The molecule has 0 spiro atoms. The fourth-order valence-corrected chi connectivity index (χ4v) is 8.42. The largest absolute Gasteiger partial charge is 0.352 e. The van der Waals surface area contributed by atoms with E-state index in [0.717, 1.165) is 52.5 Å². The lowest BCUT2D eigenvalue weighted by atomic mass is 10.2. The van der Waals surface area contributed by atoms with Crippen molar-refractivity contribution in [2.24, 2.45) is 0 Å². The molecule has 1 amide bonds. The molecule has 4 aromatic rings. The van der Waals surface area contributed by atoms with E-state index in [4.69, 9.17) is 0 Å². The number of aromatic nitrogens is 2. The first-order chi connectivity index (χ1) is 17.2. The van der Waals surface area contributed by atoms with Crippen molar-refractivity contribution in [1.29, 1.82) is 0 Å². The molecule has 1 unspecified atom stereocenters. The van der Waals surface area contributed by atoms with E-state index in [1.165, 1.54) is 15.6 Å². The van der Waals surface area contributed by atoms with Gasteiger partial charge in [0.05, 0.1) is 16.9 Å². The Kier molecular flexibility index (Phi) is 6.90. The van der Waals surface area contributed by atoms with Crippen molar-refractivity contribution in [3.05, 3.63) is 52.9 Å². The molecule has 5 rings (SSSR count). The number of carbonyl (C=O) groups excluding carboxylic acids is 1. The fraction of sp³-hybridized carbons (Fsp3) is 0.360. The van der Waals surface area contributed by atoms with E-state index in [2.05, 4.69) is 20.2 Å². The maximum atomic E-state index is 13.5. The van der Waals surface area contributed by atoms with Crippen molar-refractivity contribution in [1.82, 2.24) is 20.2 Å². The molecule has 2 N–H and O–H groups in total. The van der Waals surface area contributed by atoms with Crippen LogP contribution < -0.4 is 9.62 Å². The van der Waals surface area contributed by atoms with Gasteiger partial charge in [-0.2, -0.15) is 0 Å². The number of nitrogens with zero attached hydrogens (tertiary/aromatic N) is 3. The maximum absolute atomic E-state index is 13.5. The van der Waals surface area contributed by atoms with E-state index < -0.39 is 10.0 Å². The number of sulfonamides is 1. The van der Waals surface area contributed by atoms with Crippen LogP contribution in [-0.4, -0.2) is 54.4 Å². The summed E-state index contributed by atoms with van der Waals surface area (Å²) in [5.74, 6) is 0.0133. The van der Waals surface area contributed by atoms with Gasteiger partial charge in [-0.05, 0) is 43.8 Å². The number of hydrogen-bond acceptors (Lipinski definition) is 7.